The first-order valence-electron chi connectivity index (χ1n) is 6.55. The maximum absolute atomic E-state index is 6.28. The summed E-state index contributed by atoms with van der Waals surface area (Å²) < 4.78 is 1.28. The average molecular weight is 337 g/mol. The zero-order valence-electron chi connectivity index (χ0n) is 11.1. The van der Waals surface area contributed by atoms with Crippen molar-refractivity contribution in [1.29, 1.82) is 0 Å². The van der Waals surface area contributed by atoms with Crippen LogP contribution in [0.1, 0.15) is 17.2 Å². The molecule has 2 nitrogen and oxygen atoms in total. The van der Waals surface area contributed by atoms with Gasteiger partial charge in [-0.25, -0.2) is 0 Å². The Kier molecular flexibility index (Phi) is 4.48. The topological polar surface area (TPSA) is 38.0 Å². The van der Waals surface area contributed by atoms with E-state index in [2.05, 4.69) is 35.1 Å². The second-order valence-electron chi connectivity index (χ2n) is 4.85. The van der Waals surface area contributed by atoms with E-state index in [4.69, 9.17) is 29.0 Å². The molecule has 108 valence electrons. The number of nitrogens with two attached hydrogens (primary N) is 1. The monoisotopic (exact) mass is 336 g/mol. The second kappa shape index (κ2) is 6.34. The summed E-state index contributed by atoms with van der Waals surface area (Å²) >= 11 is 14.1. The first-order valence-corrected chi connectivity index (χ1v) is 8.19. The van der Waals surface area contributed by atoms with Crippen molar-refractivity contribution in [2.75, 3.05) is 0 Å². The van der Waals surface area contributed by atoms with Gasteiger partial charge in [-0.05, 0) is 52.6 Å². The van der Waals surface area contributed by atoms with Gasteiger partial charge in [0.15, 0.2) is 0 Å². The van der Waals surface area contributed by atoms with E-state index in [1.54, 1.807) is 23.5 Å². The molecule has 3 aromatic rings. The van der Waals surface area contributed by atoms with Gasteiger partial charge >= 0.3 is 0 Å². The van der Waals surface area contributed by atoms with Gasteiger partial charge < -0.3 is 0 Å². The largest absolute Gasteiger partial charge is 0.271 e. The van der Waals surface area contributed by atoms with E-state index in [0.29, 0.717) is 10.0 Å². The summed E-state index contributed by atoms with van der Waals surface area (Å²) in [5.74, 6) is 5.74. The molecule has 0 aliphatic carbocycles. The van der Waals surface area contributed by atoms with Gasteiger partial charge in [-0.15, -0.1) is 11.3 Å². The third-order valence-corrected chi connectivity index (χ3v) is 5.11. The van der Waals surface area contributed by atoms with Crippen LogP contribution < -0.4 is 11.3 Å². The van der Waals surface area contributed by atoms with Gasteiger partial charge in [0.1, 0.15) is 0 Å². The molecule has 0 spiro atoms. The Morgan fingerprint density at radius 2 is 1.95 bits per heavy atom. The quantitative estimate of drug-likeness (QED) is 0.522. The molecule has 0 fully saturated rings. The molecular weight excluding hydrogens is 323 g/mol. The number of benzene rings is 2. The van der Waals surface area contributed by atoms with Crippen LogP contribution in [0.15, 0.2) is 47.8 Å². The Labute approximate surface area is 137 Å². The third-order valence-electron chi connectivity index (χ3n) is 3.52. The zero-order valence-corrected chi connectivity index (χ0v) is 13.5. The number of nitrogens with one attached hydrogen (secondary N) is 1. The first-order chi connectivity index (χ1) is 10.2. The molecule has 1 heterocycles. The molecule has 1 aromatic heterocycles. The fourth-order valence-electron chi connectivity index (χ4n) is 2.45. The molecule has 1 unspecified atom stereocenters. The van der Waals surface area contributed by atoms with Crippen molar-refractivity contribution in [2.24, 2.45) is 5.84 Å². The van der Waals surface area contributed by atoms with E-state index in [9.17, 15) is 0 Å². The van der Waals surface area contributed by atoms with Crippen LogP contribution in [0.4, 0.5) is 0 Å². The van der Waals surface area contributed by atoms with E-state index in [1.807, 2.05) is 6.07 Å². The predicted octanol–water partition coefficient (Wildman–Crippen LogP) is 4.96. The Bertz CT molecular complexity index is 770. The maximum atomic E-state index is 6.28. The fraction of sp³-hybridized carbons (Fsp3) is 0.125. The SMILES string of the molecule is NNC(Cc1csc2ccccc12)c1cc(Cl)ccc1Cl. The van der Waals surface area contributed by atoms with Gasteiger partial charge in [-0.1, -0.05) is 41.4 Å². The molecule has 3 N–H and O–H groups in total. The van der Waals surface area contributed by atoms with Gasteiger partial charge in [0.05, 0.1) is 6.04 Å². The van der Waals surface area contributed by atoms with Gasteiger partial charge in [-0.3, -0.25) is 11.3 Å². The standard InChI is InChI=1S/C16H14Cl2N2S/c17-11-5-6-14(18)13(8-11)15(20-19)7-10-9-21-16-4-2-1-3-12(10)16/h1-6,8-9,15,20H,7,19H2. The molecule has 0 amide bonds. The minimum Gasteiger partial charge on any atom is -0.271 e. The lowest BCUT2D eigenvalue weighted by atomic mass is 9.99. The highest BCUT2D eigenvalue weighted by molar-refractivity contribution is 7.17. The van der Waals surface area contributed by atoms with Crippen LogP contribution >= 0.6 is 34.5 Å². The Balaban J connectivity index is 1.96. The summed E-state index contributed by atoms with van der Waals surface area (Å²) in [6.07, 6.45) is 0.764. The summed E-state index contributed by atoms with van der Waals surface area (Å²) in [5, 5.41) is 4.76. The molecule has 0 aliphatic rings. The third kappa shape index (κ3) is 3.07. The second-order valence-corrected chi connectivity index (χ2v) is 6.60. The van der Waals surface area contributed by atoms with Crippen molar-refractivity contribution in [2.45, 2.75) is 12.5 Å². The Morgan fingerprint density at radius 3 is 2.76 bits per heavy atom. The number of hydrogen-bond donors (Lipinski definition) is 2. The number of thiophene rings is 1. The lowest BCUT2D eigenvalue weighted by molar-refractivity contribution is 0.554. The molecule has 0 aliphatic heterocycles. The molecule has 0 saturated heterocycles. The molecule has 5 heteroatoms. The molecule has 0 radical (unpaired) electrons. The smallest absolute Gasteiger partial charge is 0.0516 e. The lowest BCUT2D eigenvalue weighted by Gasteiger charge is -2.18. The lowest BCUT2D eigenvalue weighted by Crippen LogP contribution is -2.29. The fourth-order valence-corrected chi connectivity index (χ4v) is 3.86. The van der Waals surface area contributed by atoms with Crippen molar-refractivity contribution in [1.82, 2.24) is 5.43 Å². The average Bonchev–Trinajstić information content (AvgIpc) is 2.91. The van der Waals surface area contributed by atoms with Crippen LogP contribution in [0.5, 0.6) is 0 Å². The summed E-state index contributed by atoms with van der Waals surface area (Å²) in [6, 6.07) is 13.7. The van der Waals surface area contributed by atoms with Crippen molar-refractivity contribution >= 4 is 44.6 Å². The Morgan fingerprint density at radius 1 is 1.14 bits per heavy atom. The highest BCUT2D eigenvalue weighted by atomic mass is 35.5. The van der Waals surface area contributed by atoms with Gasteiger partial charge in [0, 0.05) is 14.7 Å². The number of hydrazine groups is 1. The van der Waals surface area contributed by atoms with Gasteiger partial charge in [0.25, 0.3) is 0 Å². The highest BCUT2D eigenvalue weighted by Gasteiger charge is 2.16. The minimum atomic E-state index is -0.0748. The van der Waals surface area contributed by atoms with Crippen LogP contribution in [0.2, 0.25) is 10.0 Å². The molecule has 2 aromatic carbocycles. The molecule has 1 atom stereocenters. The van der Waals surface area contributed by atoms with Crippen molar-refractivity contribution in [3.8, 4) is 0 Å². The zero-order chi connectivity index (χ0) is 14.8. The molecule has 21 heavy (non-hydrogen) atoms. The summed E-state index contributed by atoms with van der Waals surface area (Å²) in [7, 11) is 0. The van der Waals surface area contributed by atoms with E-state index in [0.717, 1.165) is 12.0 Å². The normalized spacial score (nSPS) is 12.7. The predicted molar refractivity (Wildman–Crippen MR) is 92.1 cm³/mol. The van der Waals surface area contributed by atoms with Crippen LogP contribution in [0.3, 0.4) is 0 Å². The van der Waals surface area contributed by atoms with E-state index >= 15 is 0 Å². The van der Waals surface area contributed by atoms with Gasteiger partial charge in [0.2, 0.25) is 0 Å². The van der Waals surface area contributed by atoms with E-state index in [1.165, 1.54) is 15.6 Å². The van der Waals surface area contributed by atoms with Crippen LogP contribution in [-0.2, 0) is 6.42 Å². The maximum Gasteiger partial charge on any atom is 0.0516 e. The van der Waals surface area contributed by atoms with Crippen LogP contribution in [-0.4, -0.2) is 0 Å². The highest BCUT2D eigenvalue weighted by Crippen LogP contribution is 2.32. The van der Waals surface area contributed by atoms with Crippen molar-refractivity contribution < 1.29 is 0 Å². The number of hydrogen-bond acceptors (Lipinski definition) is 3. The number of fused-ring (bicyclic) bond motifs is 1. The van der Waals surface area contributed by atoms with Gasteiger partial charge in [-0.2, -0.15) is 0 Å². The summed E-state index contributed by atoms with van der Waals surface area (Å²) in [5.41, 5.74) is 5.03. The number of halogens is 2. The minimum absolute atomic E-state index is 0.0748. The first kappa shape index (κ1) is 14.8. The molecule has 3 rings (SSSR count). The molecule has 0 bridgehead atoms. The Hall–Kier alpha value is -1.10. The summed E-state index contributed by atoms with van der Waals surface area (Å²) in [4.78, 5) is 0. The van der Waals surface area contributed by atoms with Crippen LogP contribution in [0.25, 0.3) is 10.1 Å². The van der Waals surface area contributed by atoms with E-state index in [-0.39, 0.29) is 6.04 Å². The molecular formula is C16H14Cl2N2S. The van der Waals surface area contributed by atoms with Crippen LogP contribution in [0, 0.1) is 0 Å². The van der Waals surface area contributed by atoms with Crippen molar-refractivity contribution in [3.63, 3.8) is 0 Å². The van der Waals surface area contributed by atoms with E-state index < -0.39 is 0 Å². The number of rotatable bonds is 4. The summed E-state index contributed by atoms with van der Waals surface area (Å²) in [6.45, 7) is 0. The molecule has 0 saturated carbocycles. The van der Waals surface area contributed by atoms with Crippen molar-refractivity contribution in [3.05, 3.63) is 69.0 Å².